The van der Waals surface area contributed by atoms with Crippen LogP contribution in [0.5, 0.6) is 0 Å². The Kier molecular flexibility index (Phi) is 6.45. The van der Waals surface area contributed by atoms with Crippen molar-refractivity contribution in [1.29, 1.82) is 0 Å². The lowest BCUT2D eigenvalue weighted by Gasteiger charge is -2.25. The fourth-order valence-electron chi connectivity index (χ4n) is 2.78. The number of aryl methyl sites for hydroxylation is 1. The van der Waals surface area contributed by atoms with Crippen LogP contribution in [-0.2, 0) is 19.0 Å². The maximum atomic E-state index is 4.63. The van der Waals surface area contributed by atoms with Crippen LogP contribution >= 0.6 is 0 Å². The molecule has 21 heavy (non-hydrogen) atoms. The molecule has 0 saturated carbocycles. The smallest absolute Gasteiger partial charge is 0.0722 e. The summed E-state index contributed by atoms with van der Waals surface area (Å²) in [5.41, 5.74) is 3.02. The molecule has 0 radical (unpaired) electrons. The zero-order valence-electron chi connectivity index (χ0n) is 15.2. The van der Waals surface area contributed by atoms with Gasteiger partial charge in [0, 0.05) is 37.3 Å². The molecule has 0 spiro atoms. The summed E-state index contributed by atoms with van der Waals surface area (Å²) in [5.74, 6) is 0. The molecular formula is C18H35N3. The Labute approximate surface area is 131 Å². The first-order valence-corrected chi connectivity index (χ1v) is 8.39. The molecule has 0 unspecified atom stereocenters. The van der Waals surface area contributed by atoms with Gasteiger partial charge in [-0.1, -0.05) is 60.8 Å². The molecule has 1 aromatic heterocycles. The van der Waals surface area contributed by atoms with E-state index in [-0.39, 0.29) is 5.41 Å². The van der Waals surface area contributed by atoms with Crippen LogP contribution in [0.25, 0.3) is 0 Å². The second-order valence-electron chi connectivity index (χ2n) is 8.15. The van der Waals surface area contributed by atoms with Crippen LogP contribution in [0.2, 0.25) is 0 Å². The van der Waals surface area contributed by atoms with Crippen molar-refractivity contribution in [1.82, 2.24) is 15.1 Å². The topological polar surface area (TPSA) is 29.9 Å². The van der Waals surface area contributed by atoms with Crippen molar-refractivity contribution in [2.75, 3.05) is 6.54 Å². The number of aromatic nitrogens is 2. The van der Waals surface area contributed by atoms with E-state index in [2.05, 4.69) is 58.2 Å². The van der Waals surface area contributed by atoms with E-state index in [1.165, 1.54) is 36.9 Å². The predicted molar refractivity (Wildman–Crippen MR) is 91.5 cm³/mol. The Hall–Kier alpha value is -0.830. The highest BCUT2D eigenvalue weighted by Gasteiger charge is 2.22. The van der Waals surface area contributed by atoms with Crippen molar-refractivity contribution < 1.29 is 0 Å². The Balaban J connectivity index is 2.52. The van der Waals surface area contributed by atoms with Gasteiger partial charge in [-0.3, -0.25) is 4.68 Å². The van der Waals surface area contributed by atoms with Crippen LogP contribution in [0.15, 0.2) is 6.20 Å². The highest BCUT2D eigenvalue weighted by Crippen LogP contribution is 2.25. The normalized spacial score (nSPS) is 12.9. The molecular weight excluding hydrogens is 258 g/mol. The molecule has 3 nitrogen and oxygen atoms in total. The van der Waals surface area contributed by atoms with E-state index in [0.717, 1.165) is 13.1 Å². The zero-order chi connectivity index (χ0) is 16.1. The summed E-state index contributed by atoms with van der Waals surface area (Å²) in [7, 11) is 2.01. The molecule has 1 N–H and O–H groups in total. The highest BCUT2D eigenvalue weighted by atomic mass is 15.3. The Bertz CT molecular complexity index is 424. The number of nitrogens with one attached hydrogen (secondary N) is 1. The fourth-order valence-corrected chi connectivity index (χ4v) is 2.78. The van der Waals surface area contributed by atoms with Gasteiger partial charge in [0.1, 0.15) is 0 Å². The number of nitrogens with zero attached hydrogens (tertiary/aromatic N) is 2. The summed E-state index contributed by atoms with van der Waals surface area (Å²) in [6.07, 6.45) is 7.43. The second kappa shape index (κ2) is 7.44. The summed E-state index contributed by atoms with van der Waals surface area (Å²) in [4.78, 5) is 0. The first-order valence-electron chi connectivity index (χ1n) is 8.39. The van der Waals surface area contributed by atoms with Gasteiger partial charge in [-0.05, 0) is 11.8 Å². The van der Waals surface area contributed by atoms with Gasteiger partial charge < -0.3 is 5.32 Å². The minimum absolute atomic E-state index is 0.106. The maximum Gasteiger partial charge on any atom is 0.0722 e. The van der Waals surface area contributed by atoms with E-state index in [1.807, 2.05) is 11.7 Å². The molecule has 0 atom stereocenters. The third-order valence-corrected chi connectivity index (χ3v) is 3.99. The lowest BCUT2D eigenvalue weighted by atomic mass is 9.86. The molecule has 1 aromatic rings. The molecule has 0 aromatic carbocycles. The predicted octanol–water partition coefficient (Wildman–Crippen LogP) is 4.41. The van der Waals surface area contributed by atoms with E-state index >= 15 is 0 Å². The molecule has 0 fully saturated rings. The molecule has 122 valence electrons. The van der Waals surface area contributed by atoms with Crippen LogP contribution < -0.4 is 5.32 Å². The standard InChI is InChI=1S/C18H35N3/c1-8-9-10-11-18(5,6)14-19-12-15-13-21(7)20-16(15)17(2,3)4/h13,19H,8-12,14H2,1-7H3. The molecule has 0 aliphatic carbocycles. The van der Waals surface area contributed by atoms with Gasteiger partial charge >= 0.3 is 0 Å². The summed E-state index contributed by atoms with van der Waals surface area (Å²) >= 11 is 0. The Morgan fingerprint density at radius 1 is 1.14 bits per heavy atom. The van der Waals surface area contributed by atoms with Gasteiger partial charge in [0.05, 0.1) is 5.69 Å². The van der Waals surface area contributed by atoms with Gasteiger partial charge in [-0.15, -0.1) is 0 Å². The van der Waals surface area contributed by atoms with Crippen LogP contribution in [0, 0.1) is 5.41 Å². The van der Waals surface area contributed by atoms with E-state index in [1.54, 1.807) is 0 Å². The van der Waals surface area contributed by atoms with Crippen molar-refractivity contribution >= 4 is 0 Å². The van der Waals surface area contributed by atoms with Crippen molar-refractivity contribution in [3.8, 4) is 0 Å². The number of hydrogen-bond acceptors (Lipinski definition) is 2. The monoisotopic (exact) mass is 293 g/mol. The molecule has 0 bridgehead atoms. The summed E-state index contributed by atoms with van der Waals surface area (Å²) in [6.45, 7) is 15.7. The first-order chi connectivity index (χ1) is 9.65. The van der Waals surface area contributed by atoms with Crippen molar-refractivity contribution in [3.05, 3.63) is 17.5 Å². The van der Waals surface area contributed by atoms with Gasteiger partial charge in [-0.25, -0.2) is 0 Å². The molecule has 1 rings (SSSR count). The minimum Gasteiger partial charge on any atom is -0.312 e. The number of hydrogen-bond donors (Lipinski definition) is 1. The molecule has 3 heteroatoms. The summed E-state index contributed by atoms with van der Waals surface area (Å²) < 4.78 is 1.93. The van der Waals surface area contributed by atoms with Gasteiger partial charge in [0.15, 0.2) is 0 Å². The van der Waals surface area contributed by atoms with Gasteiger partial charge in [-0.2, -0.15) is 5.10 Å². The van der Waals surface area contributed by atoms with Gasteiger partial charge in [0.25, 0.3) is 0 Å². The molecule has 0 aliphatic rings. The molecule has 0 amide bonds. The fraction of sp³-hybridized carbons (Fsp3) is 0.833. The molecule has 0 aliphatic heterocycles. The van der Waals surface area contributed by atoms with Crippen molar-refractivity contribution in [2.45, 2.75) is 79.2 Å². The SMILES string of the molecule is CCCCCC(C)(C)CNCc1cn(C)nc1C(C)(C)C. The third kappa shape index (κ3) is 6.21. The second-order valence-corrected chi connectivity index (χ2v) is 8.15. The van der Waals surface area contributed by atoms with Crippen LogP contribution in [-0.4, -0.2) is 16.3 Å². The molecule has 0 saturated heterocycles. The molecule has 1 heterocycles. The van der Waals surface area contributed by atoms with Crippen molar-refractivity contribution in [3.63, 3.8) is 0 Å². The third-order valence-electron chi connectivity index (χ3n) is 3.99. The van der Waals surface area contributed by atoms with Gasteiger partial charge in [0.2, 0.25) is 0 Å². The average molecular weight is 293 g/mol. The number of unbranched alkanes of at least 4 members (excludes halogenated alkanes) is 2. The average Bonchev–Trinajstić information content (AvgIpc) is 2.70. The summed E-state index contributed by atoms with van der Waals surface area (Å²) in [6, 6.07) is 0. The zero-order valence-corrected chi connectivity index (χ0v) is 15.2. The largest absolute Gasteiger partial charge is 0.312 e. The maximum absolute atomic E-state index is 4.63. The number of rotatable bonds is 8. The highest BCUT2D eigenvalue weighted by molar-refractivity contribution is 5.23. The van der Waals surface area contributed by atoms with Crippen LogP contribution in [0.3, 0.4) is 0 Å². The van der Waals surface area contributed by atoms with Crippen molar-refractivity contribution in [2.24, 2.45) is 12.5 Å². The lowest BCUT2D eigenvalue weighted by molar-refractivity contribution is 0.301. The summed E-state index contributed by atoms with van der Waals surface area (Å²) in [5, 5.41) is 8.28. The van der Waals surface area contributed by atoms with E-state index < -0.39 is 0 Å². The van der Waals surface area contributed by atoms with E-state index in [4.69, 9.17) is 0 Å². The Morgan fingerprint density at radius 3 is 2.38 bits per heavy atom. The van der Waals surface area contributed by atoms with Crippen LogP contribution in [0.1, 0.15) is 78.5 Å². The minimum atomic E-state index is 0.106. The van der Waals surface area contributed by atoms with E-state index in [0.29, 0.717) is 5.41 Å². The quantitative estimate of drug-likeness (QED) is 0.719. The first kappa shape index (κ1) is 18.2. The lowest BCUT2D eigenvalue weighted by Crippen LogP contribution is -2.29. The van der Waals surface area contributed by atoms with E-state index in [9.17, 15) is 0 Å². The Morgan fingerprint density at radius 2 is 1.81 bits per heavy atom. The van der Waals surface area contributed by atoms with Crippen LogP contribution in [0.4, 0.5) is 0 Å².